The number of hydrogen-bond acceptors (Lipinski definition) is 2. The smallest absolute Gasteiger partial charge is 0.254 e. The second-order valence-corrected chi connectivity index (χ2v) is 5.09. The number of hydrogen-bond donors (Lipinski definition) is 1. The molecule has 1 saturated heterocycles. The molecule has 1 amide bonds. The molecule has 20 heavy (non-hydrogen) atoms. The molecule has 1 aliphatic heterocycles. The molecule has 1 aromatic rings. The third-order valence-corrected chi connectivity index (χ3v) is 3.80. The first-order valence-corrected chi connectivity index (χ1v) is 7.27. The molecule has 106 valence electrons. The molecule has 0 spiro atoms. The summed E-state index contributed by atoms with van der Waals surface area (Å²) in [6, 6.07) is 7.70. The highest BCUT2D eigenvalue weighted by atomic mass is 16.2. The summed E-state index contributed by atoms with van der Waals surface area (Å²) in [5.41, 5.74) is 1.54. The molecule has 1 heterocycles. The zero-order chi connectivity index (χ0) is 14.4. The van der Waals surface area contributed by atoms with E-state index in [1.807, 2.05) is 29.2 Å². The van der Waals surface area contributed by atoms with E-state index in [0.717, 1.165) is 36.9 Å². The Labute approximate surface area is 120 Å². The van der Waals surface area contributed by atoms with E-state index in [1.165, 1.54) is 6.42 Å². The predicted octanol–water partition coefficient (Wildman–Crippen LogP) is 2.44. The monoisotopic (exact) mass is 271 g/mol. The van der Waals surface area contributed by atoms with Crippen molar-refractivity contribution in [2.75, 3.05) is 13.2 Å². The maximum absolute atomic E-state index is 12.5. The summed E-state index contributed by atoms with van der Waals surface area (Å²) in [6.07, 6.45) is 4.45. The zero-order valence-electron chi connectivity index (χ0n) is 11.9. The lowest BCUT2D eigenvalue weighted by atomic mass is 9.98. The van der Waals surface area contributed by atoms with Crippen LogP contribution >= 0.6 is 0 Å². The number of piperidine rings is 1. The second-order valence-electron chi connectivity index (χ2n) is 5.09. The number of aliphatic hydroxyl groups is 1. The van der Waals surface area contributed by atoms with Crippen LogP contribution in [0.2, 0.25) is 0 Å². The SMILES string of the molecule is CCC1CCCCN1C(=O)c1ccc(C#CCO)cc1. The van der Waals surface area contributed by atoms with Crippen molar-refractivity contribution < 1.29 is 9.90 Å². The number of amides is 1. The molecule has 1 unspecified atom stereocenters. The van der Waals surface area contributed by atoms with Crippen molar-refractivity contribution in [3.05, 3.63) is 35.4 Å². The minimum Gasteiger partial charge on any atom is -0.384 e. The van der Waals surface area contributed by atoms with E-state index < -0.39 is 0 Å². The lowest BCUT2D eigenvalue weighted by molar-refractivity contribution is 0.0608. The van der Waals surface area contributed by atoms with Crippen molar-refractivity contribution in [3.63, 3.8) is 0 Å². The normalized spacial score (nSPS) is 18.3. The Morgan fingerprint density at radius 2 is 2.10 bits per heavy atom. The summed E-state index contributed by atoms with van der Waals surface area (Å²) in [4.78, 5) is 14.6. The van der Waals surface area contributed by atoms with E-state index in [2.05, 4.69) is 18.8 Å². The van der Waals surface area contributed by atoms with Gasteiger partial charge >= 0.3 is 0 Å². The molecular weight excluding hydrogens is 250 g/mol. The molecular formula is C17H21NO2. The molecule has 1 N–H and O–H groups in total. The first kappa shape index (κ1) is 14.6. The highest BCUT2D eigenvalue weighted by Crippen LogP contribution is 2.21. The summed E-state index contributed by atoms with van der Waals surface area (Å²) in [5.74, 6) is 5.56. The molecule has 0 aliphatic carbocycles. The lowest BCUT2D eigenvalue weighted by Gasteiger charge is -2.35. The van der Waals surface area contributed by atoms with Gasteiger partial charge in [-0.2, -0.15) is 0 Å². The van der Waals surface area contributed by atoms with Gasteiger partial charge in [-0.25, -0.2) is 0 Å². The first-order chi connectivity index (χ1) is 9.76. The van der Waals surface area contributed by atoms with E-state index in [9.17, 15) is 4.79 Å². The van der Waals surface area contributed by atoms with Gasteiger partial charge in [0.15, 0.2) is 0 Å². The lowest BCUT2D eigenvalue weighted by Crippen LogP contribution is -2.43. The summed E-state index contributed by atoms with van der Waals surface area (Å²) in [7, 11) is 0. The minimum absolute atomic E-state index is 0.123. The fourth-order valence-corrected chi connectivity index (χ4v) is 2.70. The summed E-state index contributed by atoms with van der Waals surface area (Å²) < 4.78 is 0. The van der Waals surface area contributed by atoms with Gasteiger partial charge in [-0.15, -0.1) is 0 Å². The molecule has 0 aromatic heterocycles. The van der Waals surface area contributed by atoms with Gasteiger partial charge in [0.1, 0.15) is 6.61 Å². The van der Waals surface area contributed by atoms with Gasteiger partial charge in [0, 0.05) is 23.7 Å². The number of carbonyl (C=O) groups is 1. The third-order valence-electron chi connectivity index (χ3n) is 3.80. The Morgan fingerprint density at radius 1 is 1.35 bits per heavy atom. The summed E-state index contributed by atoms with van der Waals surface area (Å²) in [5, 5.41) is 8.66. The first-order valence-electron chi connectivity index (χ1n) is 7.27. The zero-order valence-corrected chi connectivity index (χ0v) is 11.9. The van der Waals surface area contributed by atoms with Gasteiger partial charge in [-0.3, -0.25) is 4.79 Å². The second kappa shape index (κ2) is 7.12. The maximum atomic E-state index is 12.5. The Hall–Kier alpha value is -1.79. The molecule has 0 radical (unpaired) electrons. The third kappa shape index (κ3) is 3.40. The number of carbonyl (C=O) groups excluding carboxylic acids is 1. The largest absolute Gasteiger partial charge is 0.384 e. The van der Waals surface area contributed by atoms with E-state index in [0.29, 0.717) is 6.04 Å². The van der Waals surface area contributed by atoms with Crippen LogP contribution in [-0.4, -0.2) is 35.1 Å². The number of likely N-dealkylation sites (tertiary alicyclic amines) is 1. The summed E-state index contributed by atoms with van der Waals surface area (Å²) in [6.45, 7) is 2.86. The molecule has 2 rings (SSSR count). The molecule has 1 atom stereocenters. The van der Waals surface area contributed by atoms with Gasteiger partial charge in [0.25, 0.3) is 5.91 Å². The van der Waals surface area contributed by atoms with Gasteiger partial charge in [-0.1, -0.05) is 18.8 Å². The van der Waals surface area contributed by atoms with Gasteiger partial charge < -0.3 is 10.0 Å². The topological polar surface area (TPSA) is 40.5 Å². The Morgan fingerprint density at radius 3 is 2.75 bits per heavy atom. The average molecular weight is 271 g/mol. The van der Waals surface area contributed by atoms with Crippen molar-refractivity contribution in [3.8, 4) is 11.8 Å². The Bertz CT molecular complexity index is 510. The van der Waals surface area contributed by atoms with Crippen molar-refractivity contribution in [1.82, 2.24) is 4.90 Å². The molecule has 0 saturated carbocycles. The molecule has 0 bridgehead atoms. The molecule has 3 heteroatoms. The number of benzene rings is 1. The van der Waals surface area contributed by atoms with Crippen LogP contribution in [0.3, 0.4) is 0 Å². The standard InChI is InChI=1S/C17H21NO2/c1-2-16-7-3-4-12-18(16)17(20)15-10-8-14(9-11-15)6-5-13-19/h8-11,16,19H,2-4,7,12-13H2,1H3. The molecule has 3 nitrogen and oxygen atoms in total. The van der Waals surface area contributed by atoms with E-state index in [4.69, 9.17) is 5.11 Å². The fraction of sp³-hybridized carbons (Fsp3) is 0.471. The van der Waals surface area contributed by atoms with Crippen molar-refractivity contribution >= 4 is 5.91 Å². The number of rotatable bonds is 2. The van der Waals surface area contributed by atoms with Crippen LogP contribution in [0.25, 0.3) is 0 Å². The van der Waals surface area contributed by atoms with Crippen LogP contribution in [-0.2, 0) is 0 Å². The van der Waals surface area contributed by atoms with Crippen LogP contribution in [0, 0.1) is 11.8 Å². The van der Waals surface area contributed by atoms with Crippen LogP contribution in [0.4, 0.5) is 0 Å². The van der Waals surface area contributed by atoms with Crippen LogP contribution in [0.15, 0.2) is 24.3 Å². The number of aliphatic hydroxyl groups excluding tert-OH is 1. The van der Waals surface area contributed by atoms with Crippen molar-refractivity contribution in [2.24, 2.45) is 0 Å². The van der Waals surface area contributed by atoms with E-state index in [-0.39, 0.29) is 12.5 Å². The molecule has 1 fully saturated rings. The van der Waals surface area contributed by atoms with Gasteiger partial charge in [0.2, 0.25) is 0 Å². The minimum atomic E-state index is -0.146. The molecule has 1 aliphatic rings. The highest BCUT2D eigenvalue weighted by molar-refractivity contribution is 5.94. The van der Waals surface area contributed by atoms with E-state index >= 15 is 0 Å². The fourth-order valence-electron chi connectivity index (χ4n) is 2.70. The average Bonchev–Trinajstić information content (AvgIpc) is 2.52. The molecule has 1 aromatic carbocycles. The van der Waals surface area contributed by atoms with Crippen LogP contribution in [0.1, 0.15) is 48.5 Å². The Kier molecular flexibility index (Phi) is 5.20. The maximum Gasteiger partial charge on any atom is 0.254 e. The quantitative estimate of drug-likeness (QED) is 0.839. The predicted molar refractivity (Wildman–Crippen MR) is 79.4 cm³/mol. The number of nitrogens with zero attached hydrogens (tertiary/aromatic N) is 1. The van der Waals surface area contributed by atoms with Crippen LogP contribution in [0.5, 0.6) is 0 Å². The van der Waals surface area contributed by atoms with E-state index in [1.54, 1.807) is 0 Å². The van der Waals surface area contributed by atoms with Crippen molar-refractivity contribution in [2.45, 2.75) is 38.6 Å². The highest BCUT2D eigenvalue weighted by Gasteiger charge is 2.25. The Balaban J connectivity index is 2.12. The summed E-state index contributed by atoms with van der Waals surface area (Å²) >= 11 is 0. The van der Waals surface area contributed by atoms with Gasteiger partial charge in [-0.05, 0) is 49.9 Å². The van der Waals surface area contributed by atoms with Crippen LogP contribution < -0.4 is 0 Å². The van der Waals surface area contributed by atoms with Gasteiger partial charge in [0.05, 0.1) is 0 Å². The van der Waals surface area contributed by atoms with Crippen molar-refractivity contribution in [1.29, 1.82) is 0 Å².